The van der Waals surface area contributed by atoms with Gasteiger partial charge in [-0.15, -0.1) is 0 Å². The minimum atomic E-state index is 0.471. The maximum atomic E-state index is 5.37. The Balaban J connectivity index is 1.96. The molecular formula is C13H27NO. The molecule has 0 atom stereocenters. The van der Waals surface area contributed by atoms with Crippen LogP contribution in [-0.2, 0) is 4.74 Å². The Hall–Kier alpha value is -0.0800. The molecule has 0 bridgehead atoms. The van der Waals surface area contributed by atoms with Crippen molar-refractivity contribution in [3.05, 3.63) is 0 Å². The highest BCUT2D eigenvalue weighted by atomic mass is 16.5. The number of nitrogens with one attached hydrogen (secondary N) is 1. The highest BCUT2D eigenvalue weighted by molar-refractivity contribution is 4.81. The lowest BCUT2D eigenvalue weighted by Crippen LogP contribution is -2.24. The van der Waals surface area contributed by atoms with E-state index in [1.54, 1.807) is 0 Å². The molecule has 1 N–H and O–H groups in total. The van der Waals surface area contributed by atoms with Crippen LogP contribution in [0.15, 0.2) is 0 Å². The zero-order valence-electron chi connectivity index (χ0n) is 10.6. The van der Waals surface area contributed by atoms with Crippen molar-refractivity contribution in [1.29, 1.82) is 0 Å². The minimum Gasteiger partial charge on any atom is -0.382 e. The van der Waals surface area contributed by atoms with E-state index < -0.39 is 0 Å². The van der Waals surface area contributed by atoms with Crippen molar-refractivity contribution in [2.75, 3.05) is 19.8 Å². The fourth-order valence-corrected chi connectivity index (χ4v) is 1.82. The molecule has 90 valence electrons. The van der Waals surface area contributed by atoms with Gasteiger partial charge in [-0.1, -0.05) is 13.8 Å². The first kappa shape index (κ1) is 13.0. The molecule has 0 amide bonds. The number of rotatable bonds is 9. The van der Waals surface area contributed by atoms with E-state index in [1.807, 2.05) is 0 Å². The molecule has 1 rings (SSSR count). The van der Waals surface area contributed by atoms with Gasteiger partial charge in [0, 0.05) is 19.3 Å². The van der Waals surface area contributed by atoms with Crippen molar-refractivity contribution in [3.8, 4) is 0 Å². The Morgan fingerprint density at radius 3 is 2.60 bits per heavy atom. The Morgan fingerprint density at radius 2 is 2.00 bits per heavy atom. The molecule has 0 unspecified atom stereocenters. The minimum absolute atomic E-state index is 0.471. The summed E-state index contributed by atoms with van der Waals surface area (Å²) in [6, 6.07) is 0.851. The van der Waals surface area contributed by atoms with Crippen LogP contribution >= 0.6 is 0 Å². The van der Waals surface area contributed by atoms with Crippen LogP contribution in [0.4, 0.5) is 0 Å². The van der Waals surface area contributed by atoms with Gasteiger partial charge < -0.3 is 10.1 Å². The second kappa shape index (κ2) is 6.49. The first-order chi connectivity index (χ1) is 7.14. The smallest absolute Gasteiger partial charge is 0.0466 e. The van der Waals surface area contributed by atoms with Crippen LogP contribution in [0.3, 0.4) is 0 Å². The van der Waals surface area contributed by atoms with Crippen molar-refractivity contribution >= 4 is 0 Å². The molecule has 0 aromatic carbocycles. The molecule has 0 aliphatic heterocycles. The van der Waals surface area contributed by atoms with E-state index in [0.717, 1.165) is 19.3 Å². The van der Waals surface area contributed by atoms with E-state index in [9.17, 15) is 0 Å². The Morgan fingerprint density at radius 1 is 1.27 bits per heavy atom. The molecule has 0 aromatic heterocycles. The highest BCUT2D eigenvalue weighted by Crippen LogP contribution is 2.27. The van der Waals surface area contributed by atoms with E-state index in [0.29, 0.717) is 5.41 Å². The molecule has 0 aromatic rings. The zero-order valence-corrected chi connectivity index (χ0v) is 10.6. The van der Waals surface area contributed by atoms with E-state index in [1.165, 1.54) is 38.6 Å². The van der Waals surface area contributed by atoms with Crippen LogP contribution in [0.2, 0.25) is 0 Å². The van der Waals surface area contributed by atoms with Crippen LogP contribution < -0.4 is 5.32 Å². The molecule has 1 fully saturated rings. The van der Waals surface area contributed by atoms with Gasteiger partial charge in [-0.05, 0) is 51.0 Å². The van der Waals surface area contributed by atoms with Gasteiger partial charge in [-0.25, -0.2) is 0 Å². The molecule has 2 heteroatoms. The number of ether oxygens (including phenoxy) is 1. The van der Waals surface area contributed by atoms with Gasteiger partial charge in [0.05, 0.1) is 0 Å². The van der Waals surface area contributed by atoms with Gasteiger partial charge in [0.2, 0.25) is 0 Å². The summed E-state index contributed by atoms with van der Waals surface area (Å²) in [5, 5.41) is 3.58. The Labute approximate surface area is 94.8 Å². The highest BCUT2D eigenvalue weighted by Gasteiger charge is 2.22. The average Bonchev–Trinajstić information content (AvgIpc) is 2.96. The van der Waals surface area contributed by atoms with Crippen molar-refractivity contribution in [3.63, 3.8) is 0 Å². The Kier molecular flexibility index (Phi) is 5.62. The van der Waals surface area contributed by atoms with E-state index in [4.69, 9.17) is 4.74 Å². The van der Waals surface area contributed by atoms with Crippen molar-refractivity contribution < 1.29 is 4.74 Å². The predicted octanol–water partition coefficient (Wildman–Crippen LogP) is 2.97. The lowest BCUT2D eigenvalue weighted by atomic mass is 9.84. The van der Waals surface area contributed by atoms with Crippen LogP contribution in [-0.4, -0.2) is 25.8 Å². The Bertz CT molecular complexity index is 164. The van der Waals surface area contributed by atoms with Crippen LogP contribution in [0.25, 0.3) is 0 Å². The summed E-state index contributed by atoms with van der Waals surface area (Å²) in [7, 11) is 0. The number of hydrogen-bond acceptors (Lipinski definition) is 2. The summed E-state index contributed by atoms with van der Waals surface area (Å²) < 4.78 is 5.37. The van der Waals surface area contributed by atoms with Gasteiger partial charge in [0.1, 0.15) is 0 Å². The third-order valence-corrected chi connectivity index (χ3v) is 3.16. The average molecular weight is 213 g/mol. The van der Waals surface area contributed by atoms with Crippen molar-refractivity contribution in [2.45, 2.75) is 58.9 Å². The second-order valence-corrected chi connectivity index (χ2v) is 5.44. The molecule has 1 aliphatic rings. The van der Waals surface area contributed by atoms with Crippen molar-refractivity contribution in [2.24, 2.45) is 5.41 Å². The van der Waals surface area contributed by atoms with Crippen molar-refractivity contribution in [1.82, 2.24) is 5.32 Å². The summed E-state index contributed by atoms with van der Waals surface area (Å²) in [6.45, 7) is 9.76. The molecular weight excluding hydrogens is 186 g/mol. The standard InChI is InChI=1S/C13H27NO/c1-4-15-11-5-8-13(2,3)9-10-14-12-6-7-12/h12,14H,4-11H2,1-3H3. The SMILES string of the molecule is CCOCCCC(C)(C)CCNC1CC1. The second-order valence-electron chi connectivity index (χ2n) is 5.44. The third kappa shape index (κ3) is 6.91. The number of hydrogen-bond donors (Lipinski definition) is 1. The van der Waals surface area contributed by atoms with Crippen LogP contribution in [0.1, 0.15) is 52.9 Å². The van der Waals surface area contributed by atoms with E-state index >= 15 is 0 Å². The summed E-state index contributed by atoms with van der Waals surface area (Å²) in [6.07, 6.45) is 6.55. The molecule has 1 saturated carbocycles. The molecule has 0 spiro atoms. The summed E-state index contributed by atoms with van der Waals surface area (Å²) in [5.41, 5.74) is 0.471. The lowest BCUT2D eigenvalue weighted by Gasteiger charge is -2.24. The molecule has 0 radical (unpaired) electrons. The summed E-state index contributed by atoms with van der Waals surface area (Å²) in [4.78, 5) is 0. The van der Waals surface area contributed by atoms with Gasteiger partial charge in [0.25, 0.3) is 0 Å². The maximum absolute atomic E-state index is 5.37. The lowest BCUT2D eigenvalue weighted by molar-refractivity contribution is 0.131. The molecule has 15 heavy (non-hydrogen) atoms. The zero-order chi connectivity index (χ0) is 11.1. The van der Waals surface area contributed by atoms with E-state index in [-0.39, 0.29) is 0 Å². The van der Waals surface area contributed by atoms with Gasteiger partial charge in [-0.2, -0.15) is 0 Å². The molecule has 1 aliphatic carbocycles. The summed E-state index contributed by atoms with van der Waals surface area (Å²) >= 11 is 0. The third-order valence-electron chi connectivity index (χ3n) is 3.16. The maximum Gasteiger partial charge on any atom is 0.0466 e. The fraction of sp³-hybridized carbons (Fsp3) is 1.00. The van der Waals surface area contributed by atoms with Crippen LogP contribution in [0.5, 0.6) is 0 Å². The normalized spacial score (nSPS) is 17.0. The largest absolute Gasteiger partial charge is 0.382 e. The monoisotopic (exact) mass is 213 g/mol. The topological polar surface area (TPSA) is 21.3 Å². The summed E-state index contributed by atoms with van der Waals surface area (Å²) in [5.74, 6) is 0. The predicted molar refractivity (Wildman–Crippen MR) is 65.1 cm³/mol. The molecule has 0 saturated heterocycles. The molecule has 0 heterocycles. The quantitative estimate of drug-likeness (QED) is 0.595. The van der Waals surface area contributed by atoms with E-state index in [2.05, 4.69) is 26.1 Å². The van der Waals surface area contributed by atoms with Gasteiger partial charge in [-0.3, -0.25) is 0 Å². The molecule has 2 nitrogen and oxygen atoms in total. The van der Waals surface area contributed by atoms with Crippen LogP contribution in [0, 0.1) is 5.41 Å². The van der Waals surface area contributed by atoms with Gasteiger partial charge in [0.15, 0.2) is 0 Å². The fourth-order valence-electron chi connectivity index (χ4n) is 1.82. The first-order valence-electron chi connectivity index (χ1n) is 6.45. The first-order valence-corrected chi connectivity index (χ1v) is 6.45. The van der Waals surface area contributed by atoms with Gasteiger partial charge >= 0.3 is 0 Å².